The first kappa shape index (κ1) is 25.0. The molecule has 2 saturated carbocycles. The topological polar surface area (TPSA) is 100 Å². The Morgan fingerprint density at radius 2 is 1.70 bits per heavy atom. The molecule has 1 saturated heterocycles. The van der Waals surface area contributed by atoms with Crippen LogP contribution >= 0.6 is 15.9 Å². The Morgan fingerprint density at radius 3 is 2.49 bits per heavy atom. The average Bonchev–Trinajstić information content (AvgIpc) is 3.39. The minimum Gasteiger partial charge on any atom is -0.393 e. The van der Waals surface area contributed by atoms with E-state index in [9.17, 15) is 5.11 Å². The second-order valence-corrected chi connectivity index (χ2v) is 11.6. The number of aliphatic hydroxyl groups excluding tert-OH is 1. The molecule has 3 N–H and O–H groups in total. The van der Waals surface area contributed by atoms with Crippen molar-refractivity contribution in [3.63, 3.8) is 0 Å². The molecule has 6 rings (SSSR count). The SMILES string of the molecule is OC1CCC(n2cc(Nc3nc(NC4CCC(N5CCOCC5)CC4)c4cc(Br)ccc4n3)cn2)CC1. The van der Waals surface area contributed by atoms with E-state index in [0.717, 1.165) is 91.7 Å². The number of morpholine rings is 1. The van der Waals surface area contributed by atoms with Crippen LogP contribution in [0.15, 0.2) is 35.1 Å². The number of aromatic nitrogens is 4. The molecular formula is C27H36BrN7O2. The third-order valence-corrected chi connectivity index (χ3v) is 8.65. The minimum absolute atomic E-state index is 0.171. The molecular weight excluding hydrogens is 534 g/mol. The van der Waals surface area contributed by atoms with Crippen molar-refractivity contribution in [1.29, 1.82) is 0 Å². The first-order valence-electron chi connectivity index (χ1n) is 13.7. The first-order chi connectivity index (χ1) is 18.1. The van der Waals surface area contributed by atoms with E-state index in [1.165, 1.54) is 12.8 Å². The Kier molecular flexibility index (Phi) is 7.60. The molecule has 0 atom stereocenters. The first-order valence-corrected chi connectivity index (χ1v) is 14.4. The fourth-order valence-electron chi connectivity index (χ4n) is 6.04. The van der Waals surface area contributed by atoms with Crippen molar-refractivity contribution < 1.29 is 9.84 Å². The van der Waals surface area contributed by atoms with Crippen LogP contribution in [0.5, 0.6) is 0 Å². The van der Waals surface area contributed by atoms with E-state index in [-0.39, 0.29) is 6.10 Å². The van der Waals surface area contributed by atoms with E-state index in [1.807, 2.05) is 29.2 Å². The van der Waals surface area contributed by atoms with Crippen molar-refractivity contribution in [3.05, 3.63) is 35.1 Å². The fourth-order valence-corrected chi connectivity index (χ4v) is 6.40. The van der Waals surface area contributed by atoms with Gasteiger partial charge in [-0.2, -0.15) is 10.1 Å². The highest BCUT2D eigenvalue weighted by Crippen LogP contribution is 2.32. The van der Waals surface area contributed by atoms with Crippen molar-refractivity contribution >= 4 is 44.3 Å². The zero-order valence-corrected chi connectivity index (χ0v) is 22.7. The molecule has 0 unspecified atom stereocenters. The predicted molar refractivity (Wildman–Crippen MR) is 148 cm³/mol. The van der Waals surface area contributed by atoms with E-state index in [4.69, 9.17) is 14.7 Å². The lowest BCUT2D eigenvalue weighted by Crippen LogP contribution is -2.46. The largest absolute Gasteiger partial charge is 0.393 e. The number of fused-ring (bicyclic) bond motifs is 1. The van der Waals surface area contributed by atoms with Crippen LogP contribution in [0.2, 0.25) is 0 Å². The fraction of sp³-hybridized carbons (Fsp3) is 0.593. The Bertz CT molecular complexity index is 1200. The van der Waals surface area contributed by atoms with E-state index < -0.39 is 0 Å². The van der Waals surface area contributed by atoms with Crippen molar-refractivity contribution in [2.45, 2.75) is 75.6 Å². The van der Waals surface area contributed by atoms with Gasteiger partial charge in [0, 0.05) is 41.2 Å². The number of benzene rings is 1. The summed E-state index contributed by atoms with van der Waals surface area (Å²) >= 11 is 3.62. The second kappa shape index (κ2) is 11.2. The Morgan fingerprint density at radius 1 is 0.946 bits per heavy atom. The minimum atomic E-state index is -0.171. The predicted octanol–water partition coefficient (Wildman–Crippen LogP) is 4.86. The number of anilines is 3. The maximum Gasteiger partial charge on any atom is 0.229 e. The van der Waals surface area contributed by atoms with Gasteiger partial charge in [0.15, 0.2) is 0 Å². The number of halogens is 1. The number of nitrogens with one attached hydrogen (secondary N) is 2. The van der Waals surface area contributed by atoms with Crippen molar-refractivity contribution in [2.24, 2.45) is 0 Å². The van der Waals surface area contributed by atoms with Gasteiger partial charge < -0.3 is 20.5 Å². The number of hydrogen-bond acceptors (Lipinski definition) is 8. The zero-order chi connectivity index (χ0) is 25.2. The number of aliphatic hydroxyl groups is 1. The normalized spacial score (nSPS) is 27.3. The van der Waals surface area contributed by atoms with Gasteiger partial charge in [-0.05, 0) is 69.6 Å². The molecule has 1 aliphatic heterocycles. The lowest BCUT2D eigenvalue weighted by Gasteiger charge is -2.39. The molecule has 0 spiro atoms. The summed E-state index contributed by atoms with van der Waals surface area (Å²) < 4.78 is 8.57. The molecule has 0 bridgehead atoms. The summed E-state index contributed by atoms with van der Waals surface area (Å²) in [6, 6.07) is 7.54. The van der Waals surface area contributed by atoms with E-state index in [2.05, 4.69) is 42.6 Å². The number of ether oxygens (including phenoxy) is 1. The number of hydrogen-bond donors (Lipinski definition) is 3. The molecule has 3 fully saturated rings. The van der Waals surface area contributed by atoms with Crippen LogP contribution in [-0.4, -0.2) is 74.2 Å². The Labute approximate surface area is 226 Å². The molecule has 3 aliphatic rings. The molecule has 37 heavy (non-hydrogen) atoms. The lowest BCUT2D eigenvalue weighted by molar-refractivity contribution is 0.00791. The summed E-state index contributed by atoms with van der Waals surface area (Å²) in [6.07, 6.45) is 11.9. The average molecular weight is 571 g/mol. The highest BCUT2D eigenvalue weighted by atomic mass is 79.9. The summed E-state index contributed by atoms with van der Waals surface area (Å²) in [6.45, 7) is 3.83. The standard InChI is InChI=1S/C27H36BrN7O2/c28-18-1-10-25-24(15-18)26(30-19-2-4-21(5-3-19)34-11-13-37-14-12-34)33-27(32-25)31-20-16-29-35(17-20)22-6-8-23(36)9-7-22/h1,10,15-17,19,21-23,36H,2-9,11-14H2,(H2,30,31,32,33). The highest BCUT2D eigenvalue weighted by molar-refractivity contribution is 9.10. The molecule has 0 radical (unpaired) electrons. The van der Waals surface area contributed by atoms with E-state index in [1.54, 1.807) is 0 Å². The lowest BCUT2D eigenvalue weighted by atomic mass is 9.90. The smallest absolute Gasteiger partial charge is 0.229 e. The molecule has 198 valence electrons. The van der Waals surface area contributed by atoms with Crippen LogP contribution in [0.3, 0.4) is 0 Å². The molecule has 3 heterocycles. The molecule has 1 aromatic carbocycles. The zero-order valence-electron chi connectivity index (χ0n) is 21.2. The van der Waals surface area contributed by atoms with Gasteiger partial charge in [-0.3, -0.25) is 9.58 Å². The second-order valence-electron chi connectivity index (χ2n) is 10.7. The van der Waals surface area contributed by atoms with Crippen molar-refractivity contribution in [3.8, 4) is 0 Å². The molecule has 0 amide bonds. The molecule has 2 aromatic heterocycles. The summed E-state index contributed by atoms with van der Waals surface area (Å²) in [5.41, 5.74) is 1.78. The number of nitrogens with zero attached hydrogens (tertiary/aromatic N) is 5. The van der Waals surface area contributed by atoms with Gasteiger partial charge in [0.2, 0.25) is 5.95 Å². The Balaban J connectivity index is 1.16. The van der Waals surface area contributed by atoms with Gasteiger partial charge in [0.1, 0.15) is 5.82 Å². The summed E-state index contributed by atoms with van der Waals surface area (Å²) in [5, 5.41) is 22.6. The van der Waals surface area contributed by atoms with Crippen LogP contribution < -0.4 is 10.6 Å². The monoisotopic (exact) mass is 569 g/mol. The van der Waals surface area contributed by atoms with Gasteiger partial charge >= 0.3 is 0 Å². The Hall–Kier alpha value is -2.27. The molecule has 9 nitrogen and oxygen atoms in total. The maximum absolute atomic E-state index is 9.82. The molecule has 3 aromatic rings. The highest BCUT2D eigenvalue weighted by Gasteiger charge is 2.27. The van der Waals surface area contributed by atoms with Gasteiger partial charge in [-0.15, -0.1) is 0 Å². The number of rotatable bonds is 6. The third kappa shape index (κ3) is 5.92. The third-order valence-electron chi connectivity index (χ3n) is 8.16. The van der Waals surface area contributed by atoms with Crippen LogP contribution in [0, 0.1) is 0 Å². The van der Waals surface area contributed by atoms with Crippen LogP contribution in [0.25, 0.3) is 10.9 Å². The maximum atomic E-state index is 9.82. The van der Waals surface area contributed by atoms with E-state index >= 15 is 0 Å². The molecule has 10 heteroatoms. The summed E-state index contributed by atoms with van der Waals surface area (Å²) in [4.78, 5) is 12.3. The van der Waals surface area contributed by atoms with E-state index in [0.29, 0.717) is 24.1 Å². The van der Waals surface area contributed by atoms with Crippen molar-refractivity contribution in [1.82, 2.24) is 24.6 Å². The van der Waals surface area contributed by atoms with Crippen molar-refractivity contribution in [2.75, 3.05) is 36.9 Å². The summed E-state index contributed by atoms with van der Waals surface area (Å²) in [5.74, 6) is 1.44. The quantitative estimate of drug-likeness (QED) is 0.387. The van der Waals surface area contributed by atoms with Gasteiger partial charge in [-0.25, -0.2) is 4.98 Å². The van der Waals surface area contributed by atoms with Gasteiger partial charge in [0.25, 0.3) is 0 Å². The molecule has 2 aliphatic carbocycles. The van der Waals surface area contributed by atoms with Crippen LogP contribution in [0.4, 0.5) is 17.5 Å². The summed E-state index contributed by atoms with van der Waals surface area (Å²) in [7, 11) is 0. The van der Waals surface area contributed by atoms with Gasteiger partial charge in [-0.1, -0.05) is 15.9 Å². The van der Waals surface area contributed by atoms with Crippen LogP contribution in [-0.2, 0) is 4.74 Å². The van der Waals surface area contributed by atoms with Crippen LogP contribution in [0.1, 0.15) is 57.4 Å². The van der Waals surface area contributed by atoms with Gasteiger partial charge in [0.05, 0.1) is 42.8 Å².